The molecule has 0 atom stereocenters. The first-order valence-corrected chi connectivity index (χ1v) is 8.83. The van der Waals surface area contributed by atoms with E-state index >= 15 is 0 Å². The summed E-state index contributed by atoms with van der Waals surface area (Å²) in [5.74, 6) is -1.16. The summed E-state index contributed by atoms with van der Waals surface area (Å²) in [7, 11) is -3.35. The van der Waals surface area contributed by atoms with Crippen LogP contribution in [0, 0.1) is 0 Å². The van der Waals surface area contributed by atoms with Gasteiger partial charge in [-0.25, -0.2) is 0 Å². The molecular formula is C17H15F3O6S. The molecule has 0 fully saturated rings. The van der Waals surface area contributed by atoms with Gasteiger partial charge in [-0.2, -0.15) is 21.6 Å². The van der Waals surface area contributed by atoms with E-state index in [2.05, 4.69) is 8.92 Å². The molecule has 0 N–H and O–H groups in total. The van der Waals surface area contributed by atoms with E-state index in [1.807, 2.05) is 0 Å². The van der Waals surface area contributed by atoms with Crippen LogP contribution in [-0.2, 0) is 26.1 Å². The maximum absolute atomic E-state index is 12.5. The molecule has 0 saturated heterocycles. The number of hydrogen-bond donors (Lipinski definition) is 0. The Hall–Kier alpha value is -2.75. The monoisotopic (exact) mass is 404 g/mol. The first-order valence-electron chi connectivity index (χ1n) is 7.42. The summed E-state index contributed by atoms with van der Waals surface area (Å²) in [5.41, 5.74) is -3.61. The Morgan fingerprint density at radius 1 is 0.963 bits per heavy atom. The molecule has 2 aromatic carbocycles. The van der Waals surface area contributed by atoms with E-state index in [4.69, 9.17) is 4.74 Å². The highest BCUT2D eigenvalue weighted by Crippen LogP contribution is 2.36. The zero-order valence-electron chi connectivity index (χ0n) is 14.2. The van der Waals surface area contributed by atoms with Crippen molar-refractivity contribution in [3.05, 3.63) is 48.0 Å². The number of carbonyl (C=O) groups excluding carboxylic acids is 1. The molecule has 10 heteroatoms. The maximum atomic E-state index is 12.5. The summed E-state index contributed by atoms with van der Waals surface area (Å²) in [6.07, 6.45) is 0.0994. The summed E-state index contributed by atoms with van der Waals surface area (Å²) in [4.78, 5) is 11.3. The highest BCUT2D eigenvalue weighted by atomic mass is 32.2. The van der Waals surface area contributed by atoms with Crippen LogP contribution in [0.3, 0.4) is 0 Å². The zero-order chi connectivity index (χ0) is 20.2. The van der Waals surface area contributed by atoms with Crippen molar-refractivity contribution >= 4 is 16.1 Å². The number of alkyl halides is 3. The lowest BCUT2D eigenvalue weighted by molar-refractivity contribution is -0.139. The smallest absolute Gasteiger partial charge is 0.493 e. The van der Waals surface area contributed by atoms with Gasteiger partial charge in [-0.15, -0.1) is 0 Å². The molecule has 0 unspecified atom stereocenters. The topological polar surface area (TPSA) is 78.9 Å². The lowest BCUT2D eigenvalue weighted by Gasteiger charge is -2.13. The number of halogens is 3. The van der Waals surface area contributed by atoms with Gasteiger partial charge in [-0.1, -0.05) is 30.3 Å². The number of esters is 1. The van der Waals surface area contributed by atoms with Gasteiger partial charge in [0.1, 0.15) is 0 Å². The van der Waals surface area contributed by atoms with Crippen molar-refractivity contribution in [1.82, 2.24) is 0 Å². The van der Waals surface area contributed by atoms with Crippen LogP contribution >= 0.6 is 0 Å². The molecule has 0 amide bonds. The quantitative estimate of drug-likeness (QED) is 0.418. The Morgan fingerprint density at radius 2 is 1.56 bits per heavy atom. The maximum Gasteiger partial charge on any atom is 0.534 e. The van der Waals surface area contributed by atoms with Gasteiger partial charge in [0.25, 0.3) is 0 Å². The fraction of sp³-hybridized carbons (Fsp3) is 0.235. The molecule has 0 radical (unpaired) electrons. The van der Waals surface area contributed by atoms with E-state index < -0.39 is 27.3 Å². The predicted molar refractivity (Wildman–Crippen MR) is 89.8 cm³/mol. The summed E-state index contributed by atoms with van der Waals surface area (Å²) in [5, 5.41) is 0. The molecule has 0 aliphatic rings. The van der Waals surface area contributed by atoms with E-state index in [0.29, 0.717) is 16.7 Å². The van der Waals surface area contributed by atoms with Gasteiger partial charge in [0.2, 0.25) is 0 Å². The molecule has 0 saturated carbocycles. The second kappa shape index (κ2) is 7.87. The van der Waals surface area contributed by atoms with Gasteiger partial charge >= 0.3 is 21.6 Å². The zero-order valence-corrected chi connectivity index (χ0v) is 15.1. The van der Waals surface area contributed by atoms with Crippen molar-refractivity contribution in [2.45, 2.75) is 11.9 Å². The standard InChI is InChI=1S/C17H15F3O6S/c1-24-15-10-13(7-8-14(15)26-27(22,23)17(18,19)20)12-5-3-11(4-6-12)9-16(21)25-2/h3-8,10H,9H2,1-2H3. The molecule has 0 aliphatic carbocycles. The highest BCUT2D eigenvalue weighted by molar-refractivity contribution is 7.88. The fourth-order valence-corrected chi connectivity index (χ4v) is 2.60. The molecule has 146 valence electrons. The number of rotatable bonds is 6. The second-order valence-electron chi connectivity index (χ2n) is 5.30. The van der Waals surface area contributed by atoms with Crippen LogP contribution in [0.25, 0.3) is 11.1 Å². The summed E-state index contributed by atoms with van der Waals surface area (Å²) >= 11 is 0. The van der Waals surface area contributed by atoms with E-state index in [1.165, 1.54) is 26.4 Å². The third-order valence-corrected chi connectivity index (χ3v) is 4.48. The largest absolute Gasteiger partial charge is 0.534 e. The first kappa shape index (κ1) is 20.6. The van der Waals surface area contributed by atoms with Crippen molar-refractivity contribution in [1.29, 1.82) is 0 Å². The van der Waals surface area contributed by atoms with Crippen LogP contribution in [-0.4, -0.2) is 34.1 Å². The highest BCUT2D eigenvalue weighted by Gasteiger charge is 2.48. The number of benzene rings is 2. The predicted octanol–water partition coefficient (Wildman–Crippen LogP) is 3.31. The number of ether oxygens (including phenoxy) is 2. The van der Waals surface area contributed by atoms with Gasteiger partial charge in [0.15, 0.2) is 11.5 Å². The number of methoxy groups -OCH3 is 2. The molecular weight excluding hydrogens is 389 g/mol. The number of carbonyl (C=O) groups is 1. The molecule has 27 heavy (non-hydrogen) atoms. The normalized spacial score (nSPS) is 11.7. The molecule has 0 aromatic heterocycles. The van der Waals surface area contributed by atoms with Gasteiger partial charge in [-0.05, 0) is 28.8 Å². The van der Waals surface area contributed by atoms with Crippen LogP contribution in [0.1, 0.15) is 5.56 Å². The summed E-state index contributed by atoms with van der Waals surface area (Å²) in [6, 6.07) is 10.6. The molecule has 2 aromatic rings. The Kier molecular flexibility index (Phi) is 5.99. The van der Waals surface area contributed by atoms with Crippen molar-refractivity contribution in [3.63, 3.8) is 0 Å². The fourth-order valence-electron chi connectivity index (χ4n) is 2.14. The molecule has 0 bridgehead atoms. The second-order valence-corrected chi connectivity index (χ2v) is 6.84. The lowest BCUT2D eigenvalue weighted by atomic mass is 10.0. The van der Waals surface area contributed by atoms with Crippen LogP contribution in [0.2, 0.25) is 0 Å². The van der Waals surface area contributed by atoms with Gasteiger partial charge in [0.05, 0.1) is 20.6 Å². The molecule has 6 nitrogen and oxygen atoms in total. The molecule has 0 spiro atoms. The minimum absolute atomic E-state index is 0.0994. The minimum Gasteiger partial charge on any atom is -0.493 e. The van der Waals surface area contributed by atoms with Crippen molar-refractivity contribution < 1.29 is 40.0 Å². The van der Waals surface area contributed by atoms with Gasteiger partial charge in [-0.3, -0.25) is 4.79 Å². The van der Waals surface area contributed by atoms with E-state index in [0.717, 1.165) is 6.07 Å². The Balaban J connectivity index is 2.29. The van der Waals surface area contributed by atoms with Crippen LogP contribution in [0.15, 0.2) is 42.5 Å². The van der Waals surface area contributed by atoms with Crippen molar-refractivity contribution in [2.75, 3.05) is 14.2 Å². The first-order chi connectivity index (χ1) is 12.6. The number of hydrogen-bond acceptors (Lipinski definition) is 6. The average Bonchev–Trinajstić information content (AvgIpc) is 2.61. The molecule has 2 rings (SSSR count). The average molecular weight is 404 g/mol. The van der Waals surface area contributed by atoms with E-state index in [-0.39, 0.29) is 12.2 Å². The van der Waals surface area contributed by atoms with Crippen LogP contribution < -0.4 is 8.92 Å². The molecule has 0 heterocycles. The van der Waals surface area contributed by atoms with E-state index in [1.54, 1.807) is 24.3 Å². The van der Waals surface area contributed by atoms with Gasteiger partial charge in [0, 0.05) is 0 Å². The van der Waals surface area contributed by atoms with E-state index in [9.17, 15) is 26.4 Å². The van der Waals surface area contributed by atoms with Gasteiger partial charge < -0.3 is 13.7 Å². The van der Waals surface area contributed by atoms with Crippen molar-refractivity contribution in [3.8, 4) is 22.6 Å². The Morgan fingerprint density at radius 3 is 2.07 bits per heavy atom. The third kappa shape index (κ3) is 4.91. The summed E-state index contributed by atoms with van der Waals surface area (Å²) in [6.45, 7) is 0. The minimum atomic E-state index is -5.80. The Bertz CT molecular complexity index is 921. The lowest BCUT2D eigenvalue weighted by Crippen LogP contribution is -2.28. The van der Waals surface area contributed by atoms with Crippen molar-refractivity contribution in [2.24, 2.45) is 0 Å². The molecule has 0 aliphatic heterocycles. The summed E-state index contributed by atoms with van der Waals surface area (Å²) < 4.78 is 73.3. The SMILES string of the molecule is COC(=O)Cc1ccc(-c2ccc(OS(=O)(=O)C(F)(F)F)c(OC)c2)cc1. The Labute approximate surface area is 153 Å². The van der Waals surface area contributed by atoms with Crippen LogP contribution in [0.4, 0.5) is 13.2 Å². The third-order valence-electron chi connectivity index (χ3n) is 3.51. The van der Waals surface area contributed by atoms with Crippen LogP contribution in [0.5, 0.6) is 11.5 Å².